The van der Waals surface area contributed by atoms with Gasteiger partial charge in [-0.1, -0.05) is 48.5 Å². The van der Waals surface area contributed by atoms with Gasteiger partial charge in [0.1, 0.15) is 28.2 Å². The second kappa shape index (κ2) is 10.6. The number of pyridine rings is 1. The fourth-order valence-corrected chi connectivity index (χ4v) is 5.55. The predicted molar refractivity (Wildman–Crippen MR) is 156 cm³/mol. The van der Waals surface area contributed by atoms with Gasteiger partial charge in [-0.2, -0.15) is 0 Å². The Labute approximate surface area is 234 Å². The summed E-state index contributed by atoms with van der Waals surface area (Å²) in [6, 6.07) is 20.3. The van der Waals surface area contributed by atoms with Crippen molar-refractivity contribution in [3.8, 4) is 22.8 Å². The highest BCUT2D eigenvalue weighted by molar-refractivity contribution is 5.91. The number of H-pyrrole nitrogens is 1. The molecule has 1 saturated heterocycles. The monoisotopic (exact) mass is 551 g/mol. The summed E-state index contributed by atoms with van der Waals surface area (Å²) in [5, 5.41) is 22.6. The van der Waals surface area contributed by atoms with Gasteiger partial charge in [-0.15, -0.1) is 0 Å². The molecule has 0 bridgehead atoms. The molecule has 1 fully saturated rings. The zero-order valence-electron chi connectivity index (χ0n) is 22.5. The van der Waals surface area contributed by atoms with Gasteiger partial charge in [0.2, 0.25) is 5.91 Å². The van der Waals surface area contributed by atoms with Crippen LogP contribution in [0.1, 0.15) is 23.5 Å². The minimum absolute atomic E-state index is 0.0717. The van der Waals surface area contributed by atoms with E-state index >= 15 is 0 Å². The Balaban J connectivity index is 1.59. The summed E-state index contributed by atoms with van der Waals surface area (Å²) in [6.07, 6.45) is -0.155. The molecule has 3 heterocycles. The molecular formula is C32H29N3O6. The van der Waals surface area contributed by atoms with Gasteiger partial charge >= 0.3 is 0 Å². The average molecular weight is 552 g/mol. The number of para-hydroxylation sites is 1. The van der Waals surface area contributed by atoms with Crippen LogP contribution >= 0.6 is 0 Å². The van der Waals surface area contributed by atoms with Crippen molar-refractivity contribution in [2.24, 2.45) is 0 Å². The number of aromatic amines is 1. The number of nitrogens with zero attached hydrogens (tertiary/aromatic N) is 2. The largest absolute Gasteiger partial charge is 0.507 e. The molecule has 0 saturated carbocycles. The maximum absolute atomic E-state index is 13.7. The number of phenols is 2. The maximum atomic E-state index is 13.7. The Morgan fingerprint density at radius 3 is 2.39 bits per heavy atom. The highest BCUT2D eigenvalue weighted by Crippen LogP contribution is 2.42. The number of rotatable bonds is 5. The number of nitrogens with one attached hydrogen (secondary N) is 1. The first-order chi connectivity index (χ1) is 19.8. The molecule has 9 nitrogen and oxygen atoms in total. The second-order valence-electron chi connectivity index (χ2n) is 10.5. The number of hydrogen-bond donors (Lipinski definition) is 3. The number of benzene rings is 3. The molecule has 1 aliphatic heterocycles. The van der Waals surface area contributed by atoms with Crippen molar-refractivity contribution < 1.29 is 19.4 Å². The number of piperazine rings is 1. The predicted octanol–water partition coefficient (Wildman–Crippen LogP) is 4.01. The van der Waals surface area contributed by atoms with Crippen molar-refractivity contribution in [3.63, 3.8) is 0 Å². The van der Waals surface area contributed by atoms with E-state index in [9.17, 15) is 24.6 Å². The molecule has 1 atom stereocenters. The van der Waals surface area contributed by atoms with Gasteiger partial charge in [-0.25, -0.2) is 0 Å². The number of phenolic OH excluding ortho intramolecular Hbond substituents is 2. The standard InChI is InChI=1S/C32H29N3O6/c1-34-11-13-35(14-12-34)28(39)16-21(22-15-20-9-5-6-10-23(20)33-32(22)40)29-24(36)17-25(37)30-26(38)18-27(41-31(29)30)19-7-3-2-4-8-19/h2-10,15,17-18,21,36-37H,11-14,16H2,1H3,(H,33,40). The summed E-state index contributed by atoms with van der Waals surface area (Å²) in [7, 11) is 1.99. The minimum atomic E-state index is -0.979. The van der Waals surface area contributed by atoms with Crippen LogP contribution in [0.4, 0.5) is 0 Å². The molecule has 5 aromatic rings. The average Bonchev–Trinajstić information content (AvgIpc) is 2.96. The number of aromatic nitrogens is 1. The summed E-state index contributed by atoms with van der Waals surface area (Å²) in [5.74, 6) is -1.78. The van der Waals surface area contributed by atoms with Crippen LogP contribution in [0, 0.1) is 0 Å². The zero-order valence-corrected chi connectivity index (χ0v) is 22.5. The summed E-state index contributed by atoms with van der Waals surface area (Å²) >= 11 is 0. The van der Waals surface area contributed by atoms with E-state index in [4.69, 9.17) is 4.42 Å². The molecule has 0 spiro atoms. The molecule has 2 aromatic heterocycles. The smallest absolute Gasteiger partial charge is 0.252 e. The fraction of sp³-hybridized carbons (Fsp3) is 0.219. The number of likely N-dealkylation sites (N-methyl/N-ethyl adjacent to an activating group) is 1. The molecule has 9 heteroatoms. The first kappa shape index (κ1) is 26.3. The molecule has 3 N–H and O–H groups in total. The van der Waals surface area contributed by atoms with Crippen LogP contribution in [0.2, 0.25) is 0 Å². The topological polar surface area (TPSA) is 127 Å². The number of carbonyl (C=O) groups is 1. The summed E-state index contributed by atoms with van der Waals surface area (Å²) in [5.41, 5.74) is 0.564. The fourth-order valence-electron chi connectivity index (χ4n) is 5.55. The van der Waals surface area contributed by atoms with Crippen LogP contribution in [0.3, 0.4) is 0 Å². The van der Waals surface area contributed by atoms with E-state index in [2.05, 4.69) is 9.88 Å². The first-order valence-corrected chi connectivity index (χ1v) is 13.5. The Kier molecular flexibility index (Phi) is 6.80. The van der Waals surface area contributed by atoms with E-state index < -0.39 is 22.7 Å². The van der Waals surface area contributed by atoms with Crippen molar-refractivity contribution in [2.45, 2.75) is 12.3 Å². The third-order valence-electron chi connectivity index (χ3n) is 7.80. The molecule has 1 unspecified atom stereocenters. The van der Waals surface area contributed by atoms with Crippen LogP contribution in [0.5, 0.6) is 11.5 Å². The molecular weight excluding hydrogens is 522 g/mol. The van der Waals surface area contributed by atoms with Gasteiger partial charge in [0.05, 0.1) is 0 Å². The normalized spacial score (nSPS) is 14.9. The lowest BCUT2D eigenvalue weighted by molar-refractivity contribution is -0.133. The number of hydrogen-bond acceptors (Lipinski definition) is 7. The number of aromatic hydroxyl groups is 2. The van der Waals surface area contributed by atoms with Crippen LogP contribution in [-0.4, -0.2) is 64.1 Å². The summed E-state index contributed by atoms with van der Waals surface area (Å²) in [4.78, 5) is 47.3. The van der Waals surface area contributed by atoms with Crippen LogP contribution in [0.15, 0.2) is 86.8 Å². The van der Waals surface area contributed by atoms with Crippen molar-refractivity contribution in [1.82, 2.24) is 14.8 Å². The third-order valence-corrected chi connectivity index (χ3v) is 7.80. The second-order valence-corrected chi connectivity index (χ2v) is 10.5. The van der Waals surface area contributed by atoms with E-state index in [1.807, 2.05) is 31.3 Å². The lowest BCUT2D eigenvalue weighted by atomic mass is 9.86. The number of amides is 1. The van der Waals surface area contributed by atoms with Gasteiger partial charge in [0, 0.05) is 72.9 Å². The van der Waals surface area contributed by atoms with Crippen molar-refractivity contribution in [2.75, 3.05) is 33.2 Å². The van der Waals surface area contributed by atoms with E-state index in [-0.39, 0.29) is 45.9 Å². The molecule has 3 aromatic carbocycles. The van der Waals surface area contributed by atoms with Gasteiger partial charge in [-0.3, -0.25) is 14.4 Å². The van der Waals surface area contributed by atoms with Crippen LogP contribution in [-0.2, 0) is 4.79 Å². The lowest BCUT2D eigenvalue weighted by Gasteiger charge is -2.33. The Hall–Kier alpha value is -4.89. The molecule has 0 aliphatic carbocycles. The molecule has 6 rings (SSSR count). The van der Waals surface area contributed by atoms with Crippen molar-refractivity contribution in [3.05, 3.63) is 105 Å². The van der Waals surface area contributed by atoms with Gasteiger partial charge in [-0.05, 0) is 24.6 Å². The van der Waals surface area contributed by atoms with Crippen LogP contribution < -0.4 is 11.0 Å². The zero-order chi connectivity index (χ0) is 28.7. The quantitative estimate of drug-likeness (QED) is 0.301. The maximum Gasteiger partial charge on any atom is 0.252 e. The van der Waals surface area contributed by atoms with E-state index in [1.165, 1.54) is 6.07 Å². The van der Waals surface area contributed by atoms with Gasteiger partial charge in [0.25, 0.3) is 5.56 Å². The molecule has 208 valence electrons. The Morgan fingerprint density at radius 1 is 0.927 bits per heavy atom. The molecule has 41 heavy (non-hydrogen) atoms. The van der Waals surface area contributed by atoms with E-state index in [0.29, 0.717) is 24.2 Å². The number of carbonyl (C=O) groups excluding carboxylic acids is 1. The van der Waals surface area contributed by atoms with Crippen LogP contribution in [0.25, 0.3) is 33.2 Å². The minimum Gasteiger partial charge on any atom is -0.507 e. The van der Waals surface area contributed by atoms with E-state index in [1.54, 1.807) is 41.3 Å². The van der Waals surface area contributed by atoms with Crippen molar-refractivity contribution in [1.29, 1.82) is 0 Å². The first-order valence-electron chi connectivity index (χ1n) is 13.5. The molecule has 1 amide bonds. The molecule has 1 aliphatic rings. The Morgan fingerprint density at radius 2 is 1.63 bits per heavy atom. The van der Waals surface area contributed by atoms with Gasteiger partial charge < -0.3 is 29.4 Å². The highest BCUT2D eigenvalue weighted by atomic mass is 16.3. The Bertz CT molecular complexity index is 1890. The van der Waals surface area contributed by atoms with Gasteiger partial charge in [0.15, 0.2) is 5.43 Å². The number of fused-ring (bicyclic) bond motifs is 2. The molecule has 0 radical (unpaired) electrons. The SMILES string of the molecule is CN1CCN(C(=O)CC(c2cc3ccccc3[nH]c2=O)c2c(O)cc(O)c3c(=O)cc(-c4ccccc4)oc23)CC1. The third kappa shape index (κ3) is 4.96. The van der Waals surface area contributed by atoms with Crippen molar-refractivity contribution >= 4 is 27.8 Å². The highest BCUT2D eigenvalue weighted by Gasteiger charge is 2.32. The summed E-state index contributed by atoms with van der Waals surface area (Å²) < 4.78 is 6.23. The van der Waals surface area contributed by atoms with E-state index in [0.717, 1.165) is 24.5 Å². The lowest BCUT2D eigenvalue weighted by Crippen LogP contribution is -2.47. The summed E-state index contributed by atoms with van der Waals surface area (Å²) in [6.45, 7) is 2.50.